The summed E-state index contributed by atoms with van der Waals surface area (Å²) in [6, 6.07) is 3.67. The second kappa shape index (κ2) is 3.58. The number of hydrogen-bond donors (Lipinski definition) is 1. The van der Waals surface area contributed by atoms with E-state index in [4.69, 9.17) is 4.74 Å². The smallest absolute Gasteiger partial charge is 0.165 e. The van der Waals surface area contributed by atoms with Gasteiger partial charge >= 0.3 is 0 Å². The number of ether oxygens (including phenoxy) is 1. The molecule has 14 heavy (non-hydrogen) atoms. The van der Waals surface area contributed by atoms with Gasteiger partial charge in [-0.25, -0.2) is 4.39 Å². The Balaban J connectivity index is 2.44. The number of rotatable bonds is 2. The third kappa shape index (κ3) is 1.38. The Morgan fingerprint density at radius 2 is 2.36 bits per heavy atom. The predicted molar refractivity (Wildman–Crippen MR) is 52.8 cm³/mol. The van der Waals surface area contributed by atoms with Crippen molar-refractivity contribution in [3.8, 4) is 5.75 Å². The first-order valence-corrected chi connectivity index (χ1v) is 4.86. The molecule has 1 unspecified atom stereocenters. The van der Waals surface area contributed by atoms with Gasteiger partial charge in [0.25, 0.3) is 0 Å². The third-order valence-electron chi connectivity index (χ3n) is 2.74. The van der Waals surface area contributed by atoms with Crippen LogP contribution in [0.15, 0.2) is 12.1 Å². The minimum atomic E-state index is -0.270. The lowest BCUT2D eigenvalue weighted by molar-refractivity contribution is 0.385. The maximum atomic E-state index is 13.4. The largest absolute Gasteiger partial charge is 0.494 e. The molecule has 0 spiro atoms. The molecular formula is C11H14FNO. The zero-order chi connectivity index (χ0) is 10.1. The Kier molecular flexibility index (Phi) is 2.42. The van der Waals surface area contributed by atoms with E-state index >= 15 is 0 Å². The van der Waals surface area contributed by atoms with E-state index in [9.17, 15) is 4.39 Å². The molecule has 1 N–H and O–H groups in total. The van der Waals surface area contributed by atoms with Crippen molar-refractivity contribution in [2.75, 3.05) is 7.11 Å². The Morgan fingerprint density at radius 1 is 1.57 bits per heavy atom. The quantitative estimate of drug-likeness (QED) is 0.782. The molecule has 1 aromatic rings. The van der Waals surface area contributed by atoms with E-state index in [0.717, 1.165) is 24.1 Å². The van der Waals surface area contributed by atoms with Crippen LogP contribution in [0.4, 0.5) is 4.39 Å². The first-order valence-electron chi connectivity index (χ1n) is 4.86. The highest BCUT2D eigenvalue weighted by molar-refractivity contribution is 5.41. The van der Waals surface area contributed by atoms with Gasteiger partial charge in [-0.1, -0.05) is 6.92 Å². The fraction of sp³-hybridized carbons (Fsp3) is 0.455. The van der Waals surface area contributed by atoms with Gasteiger partial charge in [0.1, 0.15) is 0 Å². The zero-order valence-electron chi connectivity index (χ0n) is 8.43. The van der Waals surface area contributed by atoms with Crippen LogP contribution >= 0.6 is 0 Å². The standard InChI is InChI=1S/C11H14FNO/c1-3-10-8-5-9(12)11(14-2)4-7(8)6-13-10/h4-5,10,13H,3,6H2,1-2H3. The van der Waals surface area contributed by atoms with Crippen molar-refractivity contribution < 1.29 is 9.13 Å². The normalized spacial score (nSPS) is 19.5. The summed E-state index contributed by atoms with van der Waals surface area (Å²) in [5, 5.41) is 3.33. The molecule has 0 fully saturated rings. The second-order valence-electron chi connectivity index (χ2n) is 3.53. The van der Waals surface area contributed by atoms with Crippen molar-refractivity contribution in [3.05, 3.63) is 29.1 Å². The van der Waals surface area contributed by atoms with Crippen molar-refractivity contribution >= 4 is 0 Å². The van der Waals surface area contributed by atoms with Crippen LogP contribution in [0.3, 0.4) is 0 Å². The van der Waals surface area contributed by atoms with Crippen LogP contribution in [0.5, 0.6) is 5.75 Å². The van der Waals surface area contributed by atoms with Crippen molar-refractivity contribution in [3.63, 3.8) is 0 Å². The van der Waals surface area contributed by atoms with E-state index in [2.05, 4.69) is 12.2 Å². The summed E-state index contributed by atoms with van der Waals surface area (Å²) in [7, 11) is 1.49. The number of methoxy groups -OCH3 is 1. The summed E-state index contributed by atoms with van der Waals surface area (Å²) in [6.07, 6.45) is 0.985. The van der Waals surface area contributed by atoms with Crippen molar-refractivity contribution in [1.29, 1.82) is 0 Å². The number of fused-ring (bicyclic) bond motifs is 1. The van der Waals surface area contributed by atoms with Gasteiger partial charge in [-0.15, -0.1) is 0 Å². The highest BCUT2D eigenvalue weighted by Gasteiger charge is 2.22. The molecule has 1 heterocycles. The van der Waals surface area contributed by atoms with Gasteiger partial charge in [0.05, 0.1) is 7.11 Å². The zero-order valence-corrected chi connectivity index (χ0v) is 8.43. The summed E-state index contributed by atoms with van der Waals surface area (Å²) in [5.41, 5.74) is 2.22. The summed E-state index contributed by atoms with van der Waals surface area (Å²) >= 11 is 0. The SMILES string of the molecule is CCC1NCc2cc(OC)c(F)cc21. The first kappa shape index (κ1) is 9.46. The van der Waals surface area contributed by atoms with E-state index < -0.39 is 0 Å². The van der Waals surface area contributed by atoms with Crippen molar-refractivity contribution in [2.45, 2.75) is 25.9 Å². The molecule has 0 amide bonds. The Morgan fingerprint density at radius 3 is 3.00 bits per heavy atom. The molecule has 1 aliphatic heterocycles. The maximum Gasteiger partial charge on any atom is 0.165 e. The van der Waals surface area contributed by atoms with Crippen molar-refractivity contribution in [2.24, 2.45) is 0 Å². The second-order valence-corrected chi connectivity index (χ2v) is 3.53. The summed E-state index contributed by atoms with van der Waals surface area (Å²) in [6.45, 7) is 2.90. The van der Waals surface area contributed by atoms with E-state index in [1.807, 2.05) is 0 Å². The van der Waals surface area contributed by atoms with E-state index in [-0.39, 0.29) is 5.82 Å². The van der Waals surface area contributed by atoms with Crippen LogP contribution in [-0.2, 0) is 6.54 Å². The molecular weight excluding hydrogens is 181 g/mol. The van der Waals surface area contributed by atoms with Gasteiger partial charge in [-0.2, -0.15) is 0 Å². The highest BCUT2D eigenvalue weighted by Crippen LogP contribution is 2.32. The summed E-state index contributed by atoms with van der Waals surface area (Å²) in [5.74, 6) is 0.0655. The van der Waals surface area contributed by atoms with E-state index in [1.165, 1.54) is 7.11 Å². The van der Waals surface area contributed by atoms with Crippen LogP contribution in [0.1, 0.15) is 30.5 Å². The molecule has 2 nitrogen and oxygen atoms in total. The Labute approximate surface area is 83.1 Å². The molecule has 1 atom stereocenters. The van der Waals surface area contributed by atoms with Gasteiger partial charge in [-0.3, -0.25) is 0 Å². The molecule has 0 bridgehead atoms. The molecule has 3 heteroatoms. The van der Waals surface area contributed by atoms with Gasteiger partial charge < -0.3 is 10.1 Å². The van der Waals surface area contributed by atoms with E-state index in [1.54, 1.807) is 12.1 Å². The average Bonchev–Trinajstić information content (AvgIpc) is 2.58. The van der Waals surface area contributed by atoms with Crippen LogP contribution in [0.25, 0.3) is 0 Å². The van der Waals surface area contributed by atoms with Crippen LogP contribution in [-0.4, -0.2) is 7.11 Å². The monoisotopic (exact) mass is 195 g/mol. The van der Waals surface area contributed by atoms with Gasteiger partial charge in [0.15, 0.2) is 11.6 Å². The third-order valence-corrected chi connectivity index (χ3v) is 2.74. The fourth-order valence-corrected chi connectivity index (χ4v) is 1.95. The molecule has 0 radical (unpaired) electrons. The van der Waals surface area contributed by atoms with Gasteiger partial charge in [0.2, 0.25) is 0 Å². The van der Waals surface area contributed by atoms with Crippen LogP contribution < -0.4 is 10.1 Å². The number of nitrogens with one attached hydrogen (secondary N) is 1. The highest BCUT2D eigenvalue weighted by atomic mass is 19.1. The fourth-order valence-electron chi connectivity index (χ4n) is 1.95. The Hall–Kier alpha value is -1.09. The predicted octanol–water partition coefficient (Wildman–Crippen LogP) is 2.39. The molecule has 0 saturated heterocycles. The molecule has 1 aromatic carbocycles. The summed E-state index contributed by atoms with van der Waals surface area (Å²) < 4.78 is 18.3. The molecule has 0 aliphatic carbocycles. The number of hydrogen-bond acceptors (Lipinski definition) is 2. The first-order chi connectivity index (χ1) is 6.76. The topological polar surface area (TPSA) is 21.3 Å². The number of benzene rings is 1. The van der Waals surface area contributed by atoms with Crippen LogP contribution in [0.2, 0.25) is 0 Å². The summed E-state index contributed by atoms with van der Waals surface area (Å²) in [4.78, 5) is 0. The Bertz CT molecular complexity index is 351. The lowest BCUT2D eigenvalue weighted by Gasteiger charge is -2.09. The number of halogens is 1. The molecule has 76 valence electrons. The molecule has 0 saturated carbocycles. The van der Waals surface area contributed by atoms with E-state index in [0.29, 0.717) is 11.8 Å². The minimum absolute atomic E-state index is 0.270. The molecule has 0 aromatic heterocycles. The minimum Gasteiger partial charge on any atom is -0.494 e. The van der Waals surface area contributed by atoms with Crippen LogP contribution in [0, 0.1) is 5.82 Å². The van der Waals surface area contributed by atoms with Gasteiger partial charge in [-0.05, 0) is 29.7 Å². The van der Waals surface area contributed by atoms with Gasteiger partial charge in [0, 0.05) is 12.6 Å². The van der Waals surface area contributed by atoms with Crippen molar-refractivity contribution in [1.82, 2.24) is 5.32 Å². The average molecular weight is 195 g/mol. The maximum absolute atomic E-state index is 13.4. The lowest BCUT2D eigenvalue weighted by Crippen LogP contribution is -2.10. The molecule has 2 rings (SSSR count). The molecule has 1 aliphatic rings. The lowest BCUT2D eigenvalue weighted by atomic mass is 10.0.